The number of alkyl halides is 3. The lowest BCUT2D eigenvalue weighted by molar-refractivity contribution is -0.113. The summed E-state index contributed by atoms with van der Waals surface area (Å²) in [4.78, 5) is 10.8. The van der Waals surface area contributed by atoms with E-state index in [0.29, 0.717) is 0 Å². The lowest BCUT2D eigenvalue weighted by Crippen LogP contribution is -2.15. The van der Waals surface area contributed by atoms with Crippen LogP contribution in [0.15, 0.2) is 24.3 Å². The molecule has 0 N–H and O–H groups in total. The minimum absolute atomic E-state index is 0.541. The van der Waals surface area contributed by atoms with E-state index in [-0.39, 0.29) is 0 Å². The van der Waals surface area contributed by atoms with Gasteiger partial charge in [0.2, 0.25) is 5.78 Å². The van der Waals surface area contributed by atoms with Gasteiger partial charge in [-0.05, 0) is 13.0 Å². The number of hydrogen-bond donors (Lipinski definition) is 0. The highest BCUT2D eigenvalue weighted by Crippen LogP contribution is 2.27. The Morgan fingerprint density at radius 1 is 1.27 bits per heavy atom. The summed E-state index contributed by atoms with van der Waals surface area (Å²) in [5.41, 5.74) is 0. The number of ketones is 1. The molecule has 0 bridgehead atoms. The van der Waals surface area contributed by atoms with Gasteiger partial charge >= 0.3 is 0 Å². The van der Waals surface area contributed by atoms with Crippen molar-refractivity contribution in [3.8, 4) is 0 Å². The third-order valence-electron chi connectivity index (χ3n) is 0.831. The van der Waals surface area contributed by atoms with E-state index in [1.54, 1.807) is 12.2 Å². The first-order chi connectivity index (χ1) is 4.98. The molecule has 0 saturated carbocycles. The summed E-state index contributed by atoms with van der Waals surface area (Å²) >= 11 is 15.8. The molecular formula is C7H7Cl3O. The summed E-state index contributed by atoms with van der Waals surface area (Å²) in [6.07, 6.45) is 6.17. The van der Waals surface area contributed by atoms with Crippen molar-refractivity contribution in [2.24, 2.45) is 0 Å². The second-order valence-corrected chi connectivity index (χ2v) is 4.03. The first-order valence-electron chi connectivity index (χ1n) is 2.89. The molecule has 0 amide bonds. The second kappa shape index (κ2) is 4.81. The molecule has 0 aromatic heterocycles. The van der Waals surface area contributed by atoms with Crippen LogP contribution in [-0.2, 0) is 4.79 Å². The van der Waals surface area contributed by atoms with E-state index < -0.39 is 9.58 Å². The highest BCUT2D eigenvalue weighted by Gasteiger charge is 2.27. The summed E-state index contributed by atoms with van der Waals surface area (Å²) in [7, 11) is 0. The van der Waals surface area contributed by atoms with Gasteiger partial charge in [-0.3, -0.25) is 4.79 Å². The molecule has 0 radical (unpaired) electrons. The zero-order chi connectivity index (χ0) is 8.91. The summed E-state index contributed by atoms with van der Waals surface area (Å²) < 4.78 is -1.84. The molecule has 0 aliphatic rings. The molecule has 0 atom stereocenters. The number of carbonyl (C=O) groups is 1. The Morgan fingerprint density at radius 2 is 1.82 bits per heavy atom. The summed E-state index contributed by atoms with van der Waals surface area (Å²) in [6.45, 7) is 1.82. The second-order valence-electron chi connectivity index (χ2n) is 1.75. The van der Waals surface area contributed by atoms with E-state index in [1.165, 1.54) is 12.2 Å². The molecule has 0 aliphatic heterocycles. The van der Waals surface area contributed by atoms with Crippen LogP contribution < -0.4 is 0 Å². The van der Waals surface area contributed by atoms with E-state index in [0.717, 1.165) is 0 Å². The van der Waals surface area contributed by atoms with Crippen molar-refractivity contribution < 1.29 is 4.79 Å². The van der Waals surface area contributed by atoms with Crippen LogP contribution in [0, 0.1) is 0 Å². The maximum absolute atomic E-state index is 10.8. The Balaban J connectivity index is 4.08. The van der Waals surface area contributed by atoms with Crippen molar-refractivity contribution in [2.45, 2.75) is 10.7 Å². The van der Waals surface area contributed by atoms with Gasteiger partial charge in [-0.25, -0.2) is 0 Å². The average molecular weight is 213 g/mol. The van der Waals surface area contributed by atoms with E-state index in [4.69, 9.17) is 34.8 Å². The number of allylic oxidation sites excluding steroid dienone is 4. The molecule has 1 nitrogen and oxygen atoms in total. The highest BCUT2D eigenvalue weighted by atomic mass is 35.6. The van der Waals surface area contributed by atoms with Crippen molar-refractivity contribution in [3.63, 3.8) is 0 Å². The van der Waals surface area contributed by atoms with Crippen molar-refractivity contribution in [1.82, 2.24) is 0 Å². The molecule has 4 heteroatoms. The number of rotatable bonds is 2. The fourth-order valence-electron chi connectivity index (χ4n) is 0.349. The minimum Gasteiger partial charge on any atom is -0.290 e. The Hall–Kier alpha value is 0.0200. The normalized spacial score (nSPS) is 13.1. The molecule has 0 aromatic carbocycles. The standard InChI is InChI=1S/C7H7Cl3O/c1-2-3-4-5-6(11)7(8,9)10/h2-5H,1H3. The van der Waals surface area contributed by atoms with Gasteiger partial charge in [-0.15, -0.1) is 0 Å². The van der Waals surface area contributed by atoms with Crippen LogP contribution >= 0.6 is 34.8 Å². The zero-order valence-corrected chi connectivity index (χ0v) is 8.12. The lowest BCUT2D eigenvalue weighted by atomic mass is 10.3. The Labute approximate surface area is 80.6 Å². The number of halogens is 3. The van der Waals surface area contributed by atoms with Gasteiger partial charge in [0.1, 0.15) is 0 Å². The van der Waals surface area contributed by atoms with Crippen LogP contribution in [0.2, 0.25) is 0 Å². The molecule has 0 rings (SSSR count). The largest absolute Gasteiger partial charge is 0.290 e. The Kier molecular flexibility index (Phi) is 4.82. The van der Waals surface area contributed by atoms with Gasteiger partial charge in [-0.2, -0.15) is 0 Å². The Bertz CT molecular complexity index is 188. The average Bonchev–Trinajstić information content (AvgIpc) is 1.86. The molecule has 62 valence electrons. The van der Waals surface area contributed by atoms with Gasteiger partial charge in [-0.1, -0.05) is 53.0 Å². The molecule has 0 aliphatic carbocycles. The topological polar surface area (TPSA) is 17.1 Å². The van der Waals surface area contributed by atoms with E-state index in [1.807, 2.05) is 6.92 Å². The van der Waals surface area contributed by atoms with Crippen LogP contribution in [0.3, 0.4) is 0 Å². The van der Waals surface area contributed by atoms with Gasteiger partial charge in [0.05, 0.1) is 0 Å². The highest BCUT2D eigenvalue weighted by molar-refractivity contribution is 6.77. The fraction of sp³-hybridized carbons (Fsp3) is 0.286. The first-order valence-corrected chi connectivity index (χ1v) is 4.02. The van der Waals surface area contributed by atoms with Gasteiger partial charge in [0.25, 0.3) is 3.79 Å². The molecule has 0 aromatic rings. The van der Waals surface area contributed by atoms with E-state index in [2.05, 4.69) is 0 Å². The van der Waals surface area contributed by atoms with Crippen LogP contribution in [0.25, 0.3) is 0 Å². The quantitative estimate of drug-likeness (QED) is 0.391. The van der Waals surface area contributed by atoms with Crippen molar-refractivity contribution in [3.05, 3.63) is 24.3 Å². The molecule has 11 heavy (non-hydrogen) atoms. The third kappa shape index (κ3) is 5.31. The lowest BCUT2D eigenvalue weighted by Gasteiger charge is -2.03. The first kappa shape index (κ1) is 11.0. The van der Waals surface area contributed by atoms with Crippen molar-refractivity contribution in [2.75, 3.05) is 0 Å². The maximum Gasteiger partial charge on any atom is 0.252 e. The SMILES string of the molecule is CC=CC=CC(=O)C(Cl)(Cl)Cl. The zero-order valence-electron chi connectivity index (χ0n) is 5.85. The molecule has 0 saturated heterocycles. The van der Waals surface area contributed by atoms with E-state index >= 15 is 0 Å². The van der Waals surface area contributed by atoms with Crippen molar-refractivity contribution in [1.29, 1.82) is 0 Å². The smallest absolute Gasteiger partial charge is 0.252 e. The summed E-state index contributed by atoms with van der Waals surface area (Å²) in [5.74, 6) is -0.541. The maximum atomic E-state index is 10.8. The van der Waals surface area contributed by atoms with E-state index in [9.17, 15) is 4.79 Å². The number of carbonyl (C=O) groups excluding carboxylic acids is 1. The van der Waals surface area contributed by atoms with Gasteiger partial charge < -0.3 is 0 Å². The Morgan fingerprint density at radius 3 is 2.18 bits per heavy atom. The third-order valence-corrected chi connectivity index (χ3v) is 1.39. The molecule has 0 heterocycles. The predicted octanol–water partition coefficient (Wildman–Crippen LogP) is 3.06. The summed E-state index contributed by atoms with van der Waals surface area (Å²) in [5, 5.41) is 0. The molecule has 0 spiro atoms. The van der Waals surface area contributed by atoms with Crippen LogP contribution in [-0.4, -0.2) is 9.58 Å². The van der Waals surface area contributed by atoms with Gasteiger partial charge in [0.15, 0.2) is 0 Å². The fourth-order valence-corrected chi connectivity index (χ4v) is 0.538. The van der Waals surface area contributed by atoms with Gasteiger partial charge in [0, 0.05) is 0 Å². The summed E-state index contributed by atoms with van der Waals surface area (Å²) in [6, 6.07) is 0. The number of hydrogen-bond acceptors (Lipinski definition) is 1. The monoisotopic (exact) mass is 212 g/mol. The van der Waals surface area contributed by atoms with Crippen LogP contribution in [0.4, 0.5) is 0 Å². The molecular weight excluding hydrogens is 206 g/mol. The predicted molar refractivity (Wildman–Crippen MR) is 49.3 cm³/mol. The van der Waals surface area contributed by atoms with Crippen LogP contribution in [0.5, 0.6) is 0 Å². The molecule has 0 fully saturated rings. The molecule has 0 unspecified atom stereocenters. The van der Waals surface area contributed by atoms with Crippen LogP contribution in [0.1, 0.15) is 6.92 Å². The minimum atomic E-state index is -1.84. The van der Waals surface area contributed by atoms with Crippen molar-refractivity contribution >= 4 is 40.6 Å².